The van der Waals surface area contributed by atoms with Crippen molar-refractivity contribution in [1.29, 1.82) is 0 Å². The Morgan fingerprint density at radius 3 is 3.11 bits per heavy atom. The largest absolute Gasteiger partial charge is 0.338 e. The Morgan fingerprint density at radius 1 is 1.44 bits per heavy atom. The molecule has 0 bridgehead atoms. The summed E-state index contributed by atoms with van der Waals surface area (Å²) in [6, 6.07) is 3.85. The lowest BCUT2D eigenvalue weighted by Gasteiger charge is -2.00. The molecule has 0 saturated carbocycles. The van der Waals surface area contributed by atoms with Crippen LogP contribution in [0.15, 0.2) is 29.0 Å². The average molecular weight is 246 g/mol. The van der Waals surface area contributed by atoms with Gasteiger partial charge in [-0.05, 0) is 11.6 Å². The third-order valence-corrected chi connectivity index (χ3v) is 2.80. The van der Waals surface area contributed by atoms with E-state index >= 15 is 0 Å². The summed E-state index contributed by atoms with van der Waals surface area (Å²) in [6.45, 7) is 0. The second-order valence-electron chi connectivity index (χ2n) is 4.27. The number of nitrogens with two attached hydrogens (primary N) is 1. The molecule has 0 spiro atoms. The van der Waals surface area contributed by atoms with Crippen LogP contribution in [-0.4, -0.2) is 21.3 Å². The van der Waals surface area contributed by atoms with Crippen LogP contribution >= 0.6 is 0 Å². The summed E-state index contributed by atoms with van der Waals surface area (Å²) < 4.78 is 5.23. The molecule has 4 N–H and O–H groups in total. The van der Waals surface area contributed by atoms with E-state index in [-0.39, 0.29) is 12.2 Å². The molecule has 2 atom stereocenters. The maximum Gasteiger partial charge on any atom is 0.245 e. The highest BCUT2D eigenvalue weighted by atomic mass is 16.5. The van der Waals surface area contributed by atoms with Gasteiger partial charge in [-0.2, -0.15) is 4.98 Å². The van der Waals surface area contributed by atoms with Crippen LogP contribution in [0.2, 0.25) is 0 Å². The van der Waals surface area contributed by atoms with Gasteiger partial charge in [-0.15, -0.1) is 0 Å². The van der Waals surface area contributed by atoms with Crippen molar-refractivity contribution in [2.45, 2.75) is 25.0 Å². The Kier molecular flexibility index (Phi) is 3.01. The fourth-order valence-corrected chi connectivity index (χ4v) is 1.91. The highest BCUT2D eigenvalue weighted by Gasteiger charge is 2.26. The standard InChI is InChI=1S/C11H14N6O/c12-9-5-8(15-16-9)11-14-10(17-18-11)4-7-2-1-3-13-6-7/h1-3,6,8-9,15-16H,4-5,12H2. The zero-order chi connectivity index (χ0) is 12.4. The average Bonchev–Trinajstić information content (AvgIpc) is 2.99. The molecular weight excluding hydrogens is 232 g/mol. The number of aromatic nitrogens is 3. The van der Waals surface area contributed by atoms with E-state index < -0.39 is 0 Å². The molecule has 0 amide bonds. The summed E-state index contributed by atoms with van der Waals surface area (Å²) in [5.41, 5.74) is 12.7. The number of pyridine rings is 1. The van der Waals surface area contributed by atoms with Gasteiger partial charge in [0.05, 0.1) is 6.17 Å². The SMILES string of the molecule is NC1CC(c2nc(Cc3cccnc3)no2)NN1. The Balaban J connectivity index is 1.70. The molecule has 2 aromatic heterocycles. The molecule has 18 heavy (non-hydrogen) atoms. The minimum Gasteiger partial charge on any atom is -0.338 e. The van der Waals surface area contributed by atoms with Crippen molar-refractivity contribution in [1.82, 2.24) is 26.0 Å². The summed E-state index contributed by atoms with van der Waals surface area (Å²) in [5, 5.41) is 3.96. The minimum atomic E-state index is -0.0799. The molecule has 1 fully saturated rings. The van der Waals surface area contributed by atoms with E-state index in [1.165, 1.54) is 0 Å². The van der Waals surface area contributed by atoms with Crippen LogP contribution in [0, 0.1) is 0 Å². The second kappa shape index (κ2) is 4.81. The molecule has 0 aromatic carbocycles. The van der Waals surface area contributed by atoms with Crippen molar-refractivity contribution in [3.8, 4) is 0 Å². The maximum atomic E-state index is 5.72. The van der Waals surface area contributed by atoms with Crippen molar-refractivity contribution in [3.05, 3.63) is 41.8 Å². The number of nitrogens with one attached hydrogen (secondary N) is 2. The number of hydrogen-bond donors (Lipinski definition) is 3. The van der Waals surface area contributed by atoms with Gasteiger partial charge in [0.15, 0.2) is 5.82 Å². The summed E-state index contributed by atoms with van der Waals surface area (Å²) in [5.74, 6) is 1.22. The molecule has 7 heteroatoms. The van der Waals surface area contributed by atoms with Gasteiger partial charge >= 0.3 is 0 Å². The molecule has 2 unspecified atom stereocenters. The second-order valence-corrected chi connectivity index (χ2v) is 4.27. The molecule has 2 aromatic rings. The van der Waals surface area contributed by atoms with Crippen molar-refractivity contribution < 1.29 is 4.52 Å². The molecular formula is C11H14N6O. The topological polar surface area (TPSA) is 102 Å². The summed E-state index contributed by atoms with van der Waals surface area (Å²) in [7, 11) is 0. The number of rotatable bonds is 3. The fourth-order valence-electron chi connectivity index (χ4n) is 1.91. The Hall–Kier alpha value is -1.83. The van der Waals surface area contributed by atoms with E-state index in [9.17, 15) is 0 Å². The van der Waals surface area contributed by atoms with E-state index in [1.54, 1.807) is 12.4 Å². The summed E-state index contributed by atoms with van der Waals surface area (Å²) >= 11 is 0. The predicted molar refractivity (Wildman–Crippen MR) is 62.9 cm³/mol. The molecule has 1 aliphatic rings. The third-order valence-electron chi connectivity index (χ3n) is 2.80. The van der Waals surface area contributed by atoms with Gasteiger partial charge in [-0.1, -0.05) is 11.2 Å². The van der Waals surface area contributed by atoms with Crippen LogP contribution in [0.25, 0.3) is 0 Å². The van der Waals surface area contributed by atoms with Crippen molar-refractivity contribution in [3.63, 3.8) is 0 Å². The highest BCUT2D eigenvalue weighted by Crippen LogP contribution is 2.19. The van der Waals surface area contributed by atoms with E-state index in [1.807, 2.05) is 12.1 Å². The van der Waals surface area contributed by atoms with E-state index in [2.05, 4.69) is 26.0 Å². The van der Waals surface area contributed by atoms with Gasteiger partial charge in [0, 0.05) is 25.2 Å². The normalized spacial score (nSPS) is 23.4. The molecule has 1 saturated heterocycles. The minimum absolute atomic E-state index is 0.0184. The van der Waals surface area contributed by atoms with Crippen LogP contribution in [-0.2, 0) is 6.42 Å². The fraction of sp³-hybridized carbons (Fsp3) is 0.364. The first-order valence-corrected chi connectivity index (χ1v) is 5.79. The van der Waals surface area contributed by atoms with Crippen LogP contribution in [0.4, 0.5) is 0 Å². The maximum absolute atomic E-state index is 5.72. The quantitative estimate of drug-likeness (QED) is 0.693. The number of hydrogen-bond acceptors (Lipinski definition) is 7. The molecule has 94 valence electrons. The smallest absolute Gasteiger partial charge is 0.245 e. The first-order chi connectivity index (χ1) is 8.81. The lowest BCUT2D eigenvalue weighted by atomic mass is 10.2. The van der Waals surface area contributed by atoms with Gasteiger partial charge in [0.25, 0.3) is 0 Å². The van der Waals surface area contributed by atoms with Gasteiger partial charge in [-0.3, -0.25) is 4.98 Å². The van der Waals surface area contributed by atoms with E-state index in [0.717, 1.165) is 12.0 Å². The molecule has 3 rings (SSSR count). The first kappa shape index (κ1) is 11.3. The van der Waals surface area contributed by atoms with Crippen molar-refractivity contribution in [2.24, 2.45) is 5.73 Å². The monoisotopic (exact) mass is 246 g/mol. The Morgan fingerprint density at radius 2 is 2.39 bits per heavy atom. The van der Waals surface area contributed by atoms with Crippen molar-refractivity contribution >= 4 is 0 Å². The number of nitrogens with zero attached hydrogens (tertiary/aromatic N) is 3. The van der Waals surface area contributed by atoms with Crippen LogP contribution < -0.4 is 16.6 Å². The van der Waals surface area contributed by atoms with Crippen LogP contribution in [0.5, 0.6) is 0 Å². The van der Waals surface area contributed by atoms with Crippen LogP contribution in [0.1, 0.15) is 29.7 Å². The summed E-state index contributed by atoms with van der Waals surface area (Å²) in [4.78, 5) is 8.41. The molecule has 0 aliphatic carbocycles. The van der Waals surface area contributed by atoms with Gasteiger partial charge < -0.3 is 10.3 Å². The number of hydrazine groups is 1. The lowest BCUT2D eigenvalue weighted by Crippen LogP contribution is -2.36. The Labute approximate surface area is 104 Å². The lowest BCUT2D eigenvalue weighted by molar-refractivity contribution is 0.337. The zero-order valence-electron chi connectivity index (χ0n) is 9.71. The van der Waals surface area contributed by atoms with Crippen molar-refractivity contribution in [2.75, 3.05) is 0 Å². The molecule has 3 heterocycles. The van der Waals surface area contributed by atoms with Gasteiger partial charge in [-0.25, -0.2) is 10.9 Å². The third kappa shape index (κ3) is 2.37. The molecule has 0 radical (unpaired) electrons. The first-order valence-electron chi connectivity index (χ1n) is 5.79. The van der Waals surface area contributed by atoms with E-state index in [4.69, 9.17) is 10.3 Å². The van der Waals surface area contributed by atoms with Crippen LogP contribution in [0.3, 0.4) is 0 Å². The molecule has 1 aliphatic heterocycles. The van der Waals surface area contributed by atoms with Gasteiger partial charge in [0.1, 0.15) is 6.04 Å². The Bertz CT molecular complexity index is 513. The zero-order valence-corrected chi connectivity index (χ0v) is 9.71. The van der Waals surface area contributed by atoms with E-state index in [0.29, 0.717) is 18.1 Å². The highest BCUT2D eigenvalue weighted by molar-refractivity contribution is 5.14. The summed E-state index contributed by atoms with van der Waals surface area (Å²) in [6.07, 6.45) is 4.80. The predicted octanol–water partition coefficient (Wildman–Crippen LogP) is -0.121. The van der Waals surface area contributed by atoms with Gasteiger partial charge in [0.2, 0.25) is 5.89 Å². The molecule has 7 nitrogen and oxygen atoms in total.